The van der Waals surface area contributed by atoms with E-state index in [4.69, 9.17) is 11.1 Å². The number of hydrogen-bond donors (Lipinski definition) is 3. The maximum Gasteiger partial charge on any atom is 0.274 e. The Morgan fingerprint density at radius 1 is 1.21 bits per heavy atom. The van der Waals surface area contributed by atoms with E-state index in [1.165, 1.54) is 19.3 Å². The van der Waals surface area contributed by atoms with Gasteiger partial charge in [0.15, 0.2) is 0 Å². The van der Waals surface area contributed by atoms with E-state index in [0.717, 1.165) is 35.9 Å². The van der Waals surface area contributed by atoms with Crippen molar-refractivity contribution in [3.05, 3.63) is 63.9 Å². The Kier molecular flexibility index (Phi) is 6.94. The third-order valence-electron chi connectivity index (χ3n) is 7.10. The Morgan fingerprint density at radius 3 is 2.67 bits per heavy atom. The second-order valence-corrected chi connectivity index (χ2v) is 9.54. The lowest BCUT2D eigenvalue weighted by Gasteiger charge is -2.43. The molecule has 0 bridgehead atoms. The molecular weight excluding hydrogens is 410 g/mol. The van der Waals surface area contributed by atoms with Crippen molar-refractivity contribution in [3.63, 3.8) is 0 Å². The number of H-pyrrole nitrogens is 1. The highest BCUT2D eigenvalue weighted by Gasteiger charge is 2.28. The molecule has 174 valence electrons. The number of para-hydroxylation sites is 1. The van der Waals surface area contributed by atoms with Gasteiger partial charge in [0.25, 0.3) is 5.56 Å². The molecule has 1 aliphatic rings. The highest BCUT2D eigenvalue weighted by Crippen LogP contribution is 2.27. The quantitative estimate of drug-likeness (QED) is 0.358. The number of hydrogen-bond acceptors (Lipinski definition) is 4. The first kappa shape index (κ1) is 23.2. The third-order valence-corrected chi connectivity index (χ3v) is 7.10. The van der Waals surface area contributed by atoms with Gasteiger partial charge in [0.2, 0.25) is 0 Å². The summed E-state index contributed by atoms with van der Waals surface area (Å²) in [6, 6.07) is 15.0. The second kappa shape index (κ2) is 9.87. The monoisotopic (exact) mass is 445 g/mol. The van der Waals surface area contributed by atoms with E-state index in [2.05, 4.69) is 41.7 Å². The minimum Gasteiger partial charge on any atom is -0.384 e. The van der Waals surface area contributed by atoms with Crippen LogP contribution in [0.25, 0.3) is 22.3 Å². The highest BCUT2D eigenvalue weighted by molar-refractivity contribution is 5.96. The summed E-state index contributed by atoms with van der Waals surface area (Å²) < 4.78 is 0. The van der Waals surface area contributed by atoms with Crippen LogP contribution >= 0.6 is 0 Å². The van der Waals surface area contributed by atoms with Crippen molar-refractivity contribution in [2.24, 2.45) is 5.73 Å². The first-order chi connectivity index (χ1) is 15.8. The van der Waals surface area contributed by atoms with Gasteiger partial charge in [0, 0.05) is 29.3 Å². The lowest BCUT2D eigenvalue weighted by molar-refractivity contribution is 0.0580. The molecule has 0 radical (unpaired) electrons. The molecule has 3 atom stereocenters. The van der Waals surface area contributed by atoms with Crippen molar-refractivity contribution < 1.29 is 0 Å². The van der Waals surface area contributed by atoms with E-state index in [1.807, 2.05) is 18.2 Å². The molecule has 3 unspecified atom stereocenters. The van der Waals surface area contributed by atoms with Crippen LogP contribution in [-0.4, -0.2) is 38.8 Å². The first-order valence-electron chi connectivity index (χ1n) is 12.1. The van der Waals surface area contributed by atoms with Crippen molar-refractivity contribution in [2.45, 2.75) is 77.4 Å². The van der Waals surface area contributed by atoms with Gasteiger partial charge in [-0.25, -0.2) is 4.98 Å². The summed E-state index contributed by atoms with van der Waals surface area (Å²) in [7, 11) is 0. The van der Waals surface area contributed by atoms with Crippen LogP contribution < -0.4 is 11.3 Å². The predicted molar refractivity (Wildman–Crippen MR) is 136 cm³/mol. The molecule has 1 fully saturated rings. The van der Waals surface area contributed by atoms with Gasteiger partial charge < -0.3 is 10.7 Å². The molecule has 1 aliphatic heterocycles. The molecule has 1 aromatic heterocycles. The Balaban J connectivity index is 1.53. The SMILES string of the molecule is CC(CCCc1cccc2nc(-c3cccc(C(=N)N)c3)c(=O)[nH]c12)N1C(C)CCCC1C. The molecule has 0 spiro atoms. The molecule has 1 saturated heterocycles. The lowest BCUT2D eigenvalue weighted by atomic mass is 9.93. The predicted octanol–water partition coefficient (Wildman–Crippen LogP) is 4.85. The molecule has 4 rings (SSSR count). The number of benzene rings is 2. The number of aromatic amines is 1. The zero-order valence-corrected chi connectivity index (χ0v) is 19.9. The number of piperidine rings is 1. The Hall–Kier alpha value is -2.99. The van der Waals surface area contributed by atoms with Crippen LogP contribution in [0.4, 0.5) is 0 Å². The molecule has 0 aliphatic carbocycles. The number of nitrogens with one attached hydrogen (secondary N) is 2. The largest absolute Gasteiger partial charge is 0.384 e. The summed E-state index contributed by atoms with van der Waals surface area (Å²) in [4.78, 5) is 23.4. The number of nitrogens with zero attached hydrogens (tertiary/aromatic N) is 2. The van der Waals surface area contributed by atoms with Gasteiger partial charge in [-0.2, -0.15) is 0 Å². The zero-order chi connectivity index (χ0) is 23.5. The van der Waals surface area contributed by atoms with Crippen molar-refractivity contribution in [1.29, 1.82) is 5.41 Å². The van der Waals surface area contributed by atoms with Gasteiger partial charge in [0.05, 0.1) is 11.0 Å². The zero-order valence-electron chi connectivity index (χ0n) is 19.9. The summed E-state index contributed by atoms with van der Waals surface area (Å²) in [6.07, 6.45) is 7.04. The maximum absolute atomic E-state index is 12.9. The minimum absolute atomic E-state index is 0.0288. The Morgan fingerprint density at radius 2 is 1.94 bits per heavy atom. The standard InChI is InChI=1S/C27H35N5O/c1-17-8-4-9-18(2)32(17)19(3)10-5-11-20-12-7-15-23-24(20)31-27(33)25(30-23)21-13-6-14-22(16-21)26(28)29/h6-7,12-19H,4-5,8-11H2,1-3H3,(H3,28,29)(H,31,33). The number of aryl methyl sites for hydroxylation is 1. The van der Waals surface area contributed by atoms with E-state index < -0.39 is 0 Å². The van der Waals surface area contributed by atoms with Gasteiger partial charge in [0.1, 0.15) is 11.5 Å². The van der Waals surface area contributed by atoms with Crippen molar-refractivity contribution >= 4 is 16.9 Å². The smallest absolute Gasteiger partial charge is 0.274 e. The molecule has 0 amide bonds. The van der Waals surface area contributed by atoms with E-state index in [0.29, 0.717) is 34.9 Å². The third kappa shape index (κ3) is 5.01. The van der Waals surface area contributed by atoms with Crippen LogP contribution in [-0.2, 0) is 6.42 Å². The van der Waals surface area contributed by atoms with Gasteiger partial charge in [-0.15, -0.1) is 0 Å². The normalized spacial score (nSPS) is 20.1. The van der Waals surface area contributed by atoms with Crippen LogP contribution in [0.2, 0.25) is 0 Å². The molecule has 2 heterocycles. The van der Waals surface area contributed by atoms with E-state index >= 15 is 0 Å². The van der Waals surface area contributed by atoms with Crippen LogP contribution in [0.1, 0.15) is 64.0 Å². The molecule has 3 aromatic rings. The van der Waals surface area contributed by atoms with Crippen LogP contribution in [0.15, 0.2) is 47.3 Å². The maximum atomic E-state index is 12.9. The summed E-state index contributed by atoms with van der Waals surface area (Å²) in [6.45, 7) is 7.07. The summed E-state index contributed by atoms with van der Waals surface area (Å²) in [5.41, 5.74) is 9.71. The Bertz CT molecular complexity index is 1190. The minimum atomic E-state index is -0.222. The van der Waals surface area contributed by atoms with Gasteiger partial charge in [-0.3, -0.25) is 15.1 Å². The van der Waals surface area contributed by atoms with Crippen molar-refractivity contribution in [2.75, 3.05) is 0 Å². The Labute approximate surface area is 195 Å². The second-order valence-electron chi connectivity index (χ2n) is 9.54. The average molecular weight is 446 g/mol. The van der Waals surface area contributed by atoms with Crippen LogP contribution in [0, 0.1) is 5.41 Å². The number of nitrogen functional groups attached to an aromatic ring is 1. The molecule has 6 heteroatoms. The molecule has 2 aromatic carbocycles. The van der Waals surface area contributed by atoms with Gasteiger partial charge in [-0.05, 0) is 70.6 Å². The first-order valence-corrected chi connectivity index (χ1v) is 12.1. The van der Waals surface area contributed by atoms with Gasteiger partial charge in [-0.1, -0.05) is 36.8 Å². The number of fused-ring (bicyclic) bond motifs is 1. The summed E-state index contributed by atoms with van der Waals surface area (Å²) >= 11 is 0. The molecule has 33 heavy (non-hydrogen) atoms. The van der Waals surface area contributed by atoms with Crippen molar-refractivity contribution in [3.8, 4) is 11.3 Å². The van der Waals surface area contributed by atoms with Gasteiger partial charge >= 0.3 is 0 Å². The lowest BCUT2D eigenvalue weighted by Crippen LogP contribution is -2.48. The fourth-order valence-electron chi connectivity index (χ4n) is 5.45. The molecule has 6 nitrogen and oxygen atoms in total. The van der Waals surface area contributed by atoms with E-state index in [-0.39, 0.29) is 11.4 Å². The molecule has 0 saturated carbocycles. The molecular formula is C27H35N5O. The topological polar surface area (TPSA) is 98.9 Å². The number of nitrogens with two attached hydrogens (primary N) is 1. The highest BCUT2D eigenvalue weighted by atomic mass is 16.1. The number of amidine groups is 1. The summed E-state index contributed by atoms with van der Waals surface area (Å²) in [5, 5.41) is 7.66. The number of aromatic nitrogens is 2. The average Bonchev–Trinajstić information content (AvgIpc) is 2.79. The number of rotatable bonds is 7. The van der Waals surface area contributed by atoms with E-state index in [1.54, 1.807) is 18.2 Å². The number of likely N-dealkylation sites (tertiary alicyclic amines) is 1. The van der Waals surface area contributed by atoms with Crippen LogP contribution in [0.5, 0.6) is 0 Å². The van der Waals surface area contributed by atoms with E-state index in [9.17, 15) is 4.79 Å². The fourth-order valence-corrected chi connectivity index (χ4v) is 5.45. The molecule has 4 N–H and O–H groups in total. The van der Waals surface area contributed by atoms with Crippen LogP contribution in [0.3, 0.4) is 0 Å². The summed E-state index contributed by atoms with van der Waals surface area (Å²) in [5.74, 6) is -0.0288. The van der Waals surface area contributed by atoms with Crippen molar-refractivity contribution in [1.82, 2.24) is 14.9 Å². The fraction of sp³-hybridized carbons (Fsp3) is 0.444.